The summed E-state index contributed by atoms with van der Waals surface area (Å²) in [5.74, 6) is -0.694. The molecule has 1 fully saturated rings. The summed E-state index contributed by atoms with van der Waals surface area (Å²) in [6.07, 6.45) is 2.18. The number of carboxylic acid groups (broad SMARTS) is 1. The molecular formula is C14H24N2O3. The van der Waals surface area contributed by atoms with Gasteiger partial charge in [-0.15, -0.1) is 0 Å². The van der Waals surface area contributed by atoms with Crippen molar-refractivity contribution in [2.75, 3.05) is 33.7 Å². The van der Waals surface area contributed by atoms with Gasteiger partial charge in [-0.05, 0) is 52.7 Å². The van der Waals surface area contributed by atoms with Gasteiger partial charge in [-0.2, -0.15) is 0 Å². The normalized spacial score (nSPS) is 18.9. The van der Waals surface area contributed by atoms with Gasteiger partial charge in [-0.1, -0.05) is 0 Å². The minimum atomic E-state index is -1.03. The number of rotatable bonds is 4. The predicted octanol–water partition coefficient (Wildman–Crippen LogP) is 1.21. The van der Waals surface area contributed by atoms with Crippen LogP contribution in [0.4, 0.5) is 0 Å². The number of carbonyl (C=O) groups is 2. The Hall–Kier alpha value is -1.36. The zero-order valence-corrected chi connectivity index (χ0v) is 12.3. The molecule has 1 rings (SSSR count). The Bertz CT molecular complexity index is 382. The molecule has 5 heteroatoms. The van der Waals surface area contributed by atoms with Gasteiger partial charge < -0.3 is 14.9 Å². The summed E-state index contributed by atoms with van der Waals surface area (Å²) >= 11 is 0. The third kappa shape index (κ3) is 4.35. The van der Waals surface area contributed by atoms with Crippen LogP contribution in [-0.4, -0.2) is 60.5 Å². The summed E-state index contributed by atoms with van der Waals surface area (Å²) in [5, 5.41) is 8.90. The average Bonchev–Trinajstić information content (AvgIpc) is 2.38. The summed E-state index contributed by atoms with van der Waals surface area (Å²) < 4.78 is 0. The lowest BCUT2D eigenvalue weighted by Gasteiger charge is -2.31. The van der Waals surface area contributed by atoms with Crippen molar-refractivity contribution >= 4 is 11.9 Å². The van der Waals surface area contributed by atoms with Crippen LogP contribution in [0.15, 0.2) is 11.1 Å². The van der Waals surface area contributed by atoms with Gasteiger partial charge in [-0.3, -0.25) is 4.79 Å². The Morgan fingerprint density at radius 2 is 1.74 bits per heavy atom. The number of amides is 1. The van der Waals surface area contributed by atoms with Gasteiger partial charge in [0.05, 0.1) is 0 Å². The molecule has 0 aromatic carbocycles. The number of nitrogens with zero attached hydrogens (tertiary/aromatic N) is 2. The Morgan fingerprint density at radius 3 is 2.21 bits per heavy atom. The Morgan fingerprint density at radius 1 is 1.21 bits per heavy atom. The van der Waals surface area contributed by atoms with E-state index in [-0.39, 0.29) is 11.5 Å². The SMILES string of the molecule is C/C(C(=O)O)=C(\C)C(=O)N(C)CC1CCN(C)CC1. The third-order valence-corrected chi connectivity index (χ3v) is 3.92. The number of hydrogen-bond acceptors (Lipinski definition) is 3. The second-order valence-corrected chi connectivity index (χ2v) is 5.49. The maximum atomic E-state index is 12.1. The summed E-state index contributed by atoms with van der Waals surface area (Å²) in [6, 6.07) is 0. The highest BCUT2D eigenvalue weighted by Gasteiger charge is 2.22. The van der Waals surface area contributed by atoms with Gasteiger partial charge in [-0.25, -0.2) is 4.79 Å². The fraction of sp³-hybridized carbons (Fsp3) is 0.714. The number of aliphatic carboxylic acids is 1. The van der Waals surface area contributed by atoms with E-state index in [1.165, 1.54) is 6.92 Å². The minimum Gasteiger partial charge on any atom is -0.478 e. The molecule has 0 aromatic heterocycles. The van der Waals surface area contributed by atoms with Crippen LogP contribution in [0.5, 0.6) is 0 Å². The van der Waals surface area contributed by atoms with Crippen molar-refractivity contribution in [2.24, 2.45) is 5.92 Å². The van der Waals surface area contributed by atoms with Crippen LogP contribution in [0.25, 0.3) is 0 Å². The smallest absolute Gasteiger partial charge is 0.331 e. The van der Waals surface area contributed by atoms with Crippen LogP contribution in [0.3, 0.4) is 0 Å². The van der Waals surface area contributed by atoms with Gasteiger partial charge in [0.15, 0.2) is 0 Å². The van der Waals surface area contributed by atoms with Crippen LogP contribution in [0.2, 0.25) is 0 Å². The lowest BCUT2D eigenvalue weighted by atomic mass is 9.96. The monoisotopic (exact) mass is 268 g/mol. The molecule has 0 spiro atoms. The van der Waals surface area contributed by atoms with E-state index in [2.05, 4.69) is 11.9 Å². The molecule has 19 heavy (non-hydrogen) atoms. The van der Waals surface area contributed by atoms with Crippen molar-refractivity contribution in [1.82, 2.24) is 9.80 Å². The zero-order valence-electron chi connectivity index (χ0n) is 12.3. The van der Waals surface area contributed by atoms with E-state index in [1.807, 2.05) is 0 Å². The van der Waals surface area contributed by atoms with Gasteiger partial charge in [0.1, 0.15) is 0 Å². The molecule has 0 unspecified atom stereocenters. The lowest BCUT2D eigenvalue weighted by Crippen LogP contribution is -2.38. The van der Waals surface area contributed by atoms with E-state index < -0.39 is 5.97 Å². The first-order valence-corrected chi connectivity index (χ1v) is 6.67. The number of piperidine rings is 1. The number of likely N-dealkylation sites (tertiary alicyclic amines) is 1. The molecule has 1 aliphatic rings. The van der Waals surface area contributed by atoms with Crippen molar-refractivity contribution in [3.05, 3.63) is 11.1 Å². The summed E-state index contributed by atoms with van der Waals surface area (Å²) in [6.45, 7) is 5.89. The van der Waals surface area contributed by atoms with Gasteiger partial charge >= 0.3 is 5.97 Å². The first-order valence-electron chi connectivity index (χ1n) is 6.67. The topological polar surface area (TPSA) is 60.9 Å². The zero-order chi connectivity index (χ0) is 14.6. The first-order chi connectivity index (χ1) is 8.82. The second-order valence-electron chi connectivity index (χ2n) is 5.49. The molecule has 0 aliphatic carbocycles. The van der Waals surface area contributed by atoms with E-state index in [0.29, 0.717) is 18.0 Å². The lowest BCUT2D eigenvalue weighted by molar-refractivity contribution is -0.133. The van der Waals surface area contributed by atoms with Crippen LogP contribution in [0.1, 0.15) is 26.7 Å². The van der Waals surface area contributed by atoms with E-state index in [0.717, 1.165) is 25.9 Å². The fourth-order valence-corrected chi connectivity index (χ4v) is 2.32. The van der Waals surface area contributed by atoms with Crippen molar-refractivity contribution in [3.8, 4) is 0 Å². The quantitative estimate of drug-likeness (QED) is 0.779. The highest BCUT2D eigenvalue weighted by Crippen LogP contribution is 2.18. The summed E-state index contributed by atoms with van der Waals surface area (Å²) in [7, 11) is 3.85. The van der Waals surface area contributed by atoms with Crippen molar-refractivity contribution < 1.29 is 14.7 Å². The Balaban J connectivity index is 2.58. The van der Waals surface area contributed by atoms with Crippen LogP contribution in [-0.2, 0) is 9.59 Å². The predicted molar refractivity (Wildman–Crippen MR) is 73.9 cm³/mol. The van der Waals surface area contributed by atoms with Crippen LogP contribution < -0.4 is 0 Å². The molecule has 1 N–H and O–H groups in total. The van der Waals surface area contributed by atoms with Crippen LogP contribution in [0, 0.1) is 5.92 Å². The molecule has 0 atom stereocenters. The maximum absolute atomic E-state index is 12.1. The summed E-state index contributed by atoms with van der Waals surface area (Å²) in [5.41, 5.74) is 0.447. The van der Waals surface area contributed by atoms with E-state index in [1.54, 1.807) is 18.9 Å². The molecule has 5 nitrogen and oxygen atoms in total. The molecular weight excluding hydrogens is 244 g/mol. The molecule has 0 radical (unpaired) electrons. The highest BCUT2D eigenvalue weighted by atomic mass is 16.4. The van der Waals surface area contributed by atoms with Crippen molar-refractivity contribution in [3.63, 3.8) is 0 Å². The molecule has 0 saturated carbocycles. The fourth-order valence-electron chi connectivity index (χ4n) is 2.32. The summed E-state index contributed by atoms with van der Waals surface area (Å²) in [4.78, 5) is 26.9. The number of likely N-dealkylation sites (N-methyl/N-ethyl adjacent to an activating group) is 1. The number of hydrogen-bond donors (Lipinski definition) is 1. The van der Waals surface area contributed by atoms with Gasteiger partial charge in [0.25, 0.3) is 0 Å². The largest absolute Gasteiger partial charge is 0.478 e. The third-order valence-electron chi connectivity index (χ3n) is 3.92. The number of carboxylic acids is 1. The van der Waals surface area contributed by atoms with Gasteiger partial charge in [0, 0.05) is 24.7 Å². The Labute approximate surface area is 114 Å². The number of carbonyl (C=O) groups excluding carboxylic acids is 1. The maximum Gasteiger partial charge on any atom is 0.331 e. The van der Waals surface area contributed by atoms with Crippen LogP contribution >= 0.6 is 0 Å². The second kappa shape index (κ2) is 6.70. The molecule has 1 amide bonds. The highest BCUT2D eigenvalue weighted by molar-refractivity contribution is 6.01. The minimum absolute atomic E-state index is 0.125. The first kappa shape index (κ1) is 15.7. The molecule has 1 saturated heterocycles. The molecule has 0 bridgehead atoms. The average molecular weight is 268 g/mol. The van der Waals surface area contributed by atoms with E-state index in [4.69, 9.17) is 5.11 Å². The standard InChI is InChI=1S/C14H24N2O3/c1-10(11(2)14(18)19)13(17)16(4)9-12-5-7-15(3)8-6-12/h12H,5-9H2,1-4H3,(H,18,19)/b11-10-. The van der Waals surface area contributed by atoms with E-state index in [9.17, 15) is 9.59 Å². The molecule has 1 heterocycles. The molecule has 1 aliphatic heterocycles. The van der Waals surface area contributed by atoms with E-state index >= 15 is 0 Å². The van der Waals surface area contributed by atoms with Gasteiger partial charge in [0.2, 0.25) is 5.91 Å². The molecule has 108 valence electrons. The van der Waals surface area contributed by atoms with Crippen molar-refractivity contribution in [2.45, 2.75) is 26.7 Å². The van der Waals surface area contributed by atoms with Crippen molar-refractivity contribution in [1.29, 1.82) is 0 Å². The Kier molecular flexibility index (Phi) is 5.54. The molecule has 0 aromatic rings.